The number of para-hydroxylation sites is 1. The predicted octanol–water partition coefficient (Wildman–Crippen LogP) is 6.79. The zero-order valence-corrected chi connectivity index (χ0v) is 18.5. The maximum atomic E-state index is 4.68. The second-order valence-corrected chi connectivity index (χ2v) is 9.40. The second kappa shape index (κ2) is 7.54. The molecule has 1 heterocycles. The van der Waals surface area contributed by atoms with Gasteiger partial charge in [-0.15, -0.1) is 10.2 Å². The first-order valence-corrected chi connectivity index (χ1v) is 10.3. The van der Waals surface area contributed by atoms with Gasteiger partial charge in [0.05, 0.1) is 5.69 Å². The zero-order valence-electron chi connectivity index (χ0n) is 18.5. The van der Waals surface area contributed by atoms with Crippen LogP contribution < -0.4 is 0 Å². The van der Waals surface area contributed by atoms with Gasteiger partial charge in [0.1, 0.15) is 5.82 Å². The SMILES string of the molecule is Cc1cccc(-c2nnc(C(C)(C)C)n2-c2c(C(C)C)cccc2C(C)C)c1. The highest BCUT2D eigenvalue weighted by molar-refractivity contribution is 5.63. The molecule has 3 heteroatoms. The van der Waals surface area contributed by atoms with Crippen LogP contribution in [0.4, 0.5) is 0 Å². The molecule has 0 aliphatic heterocycles. The summed E-state index contributed by atoms with van der Waals surface area (Å²) in [6.07, 6.45) is 0. The maximum absolute atomic E-state index is 4.68. The number of benzene rings is 2. The van der Waals surface area contributed by atoms with Gasteiger partial charge in [-0.2, -0.15) is 0 Å². The standard InChI is InChI=1S/C25H33N3/c1-16(2)20-13-10-14-21(17(3)4)22(20)28-23(19-12-9-11-18(5)15-19)26-27-24(28)25(6,7)8/h9-17H,1-8H3. The van der Waals surface area contributed by atoms with E-state index < -0.39 is 0 Å². The van der Waals surface area contributed by atoms with Gasteiger partial charge in [0.15, 0.2) is 5.82 Å². The van der Waals surface area contributed by atoms with Gasteiger partial charge in [-0.05, 0) is 36.0 Å². The third-order valence-corrected chi connectivity index (χ3v) is 5.18. The first kappa shape index (κ1) is 20.3. The Labute approximate surface area is 169 Å². The Balaban J connectivity index is 2.43. The highest BCUT2D eigenvalue weighted by atomic mass is 15.3. The molecule has 0 spiro atoms. The topological polar surface area (TPSA) is 30.7 Å². The summed E-state index contributed by atoms with van der Waals surface area (Å²) in [6.45, 7) is 17.8. The fourth-order valence-electron chi connectivity index (χ4n) is 3.72. The number of nitrogens with zero attached hydrogens (tertiary/aromatic N) is 3. The molecule has 0 bridgehead atoms. The molecule has 0 radical (unpaired) electrons. The van der Waals surface area contributed by atoms with Crippen LogP contribution in [0.3, 0.4) is 0 Å². The minimum Gasteiger partial charge on any atom is -0.278 e. The first-order valence-electron chi connectivity index (χ1n) is 10.3. The number of aryl methyl sites for hydroxylation is 1. The number of hydrogen-bond donors (Lipinski definition) is 0. The van der Waals surface area contributed by atoms with E-state index in [1.165, 1.54) is 22.4 Å². The van der Waals surface area contributed by atoms with Crippen LogP contribution >= 0.6 is 0 Å². The lowest BCUT2D eigenvalue weighted by Crippen LogP contribution is -2.21. The van der Waals surface area contributed by atoms with Crippen molar-refractivity contribution in [3.05, 3.63) is 65.0 Å². The highest BCUT2D eigenvalue weighted by Gasteiger charge is 2.28. The van der Waals surface area contributed by atoms with Crippen LogP contribution in [0.25, 0.3) is 17.1 Å². The minimum atomic E-state index is -0.118. The van der Waals surface area contributed by atoms with Crippen molar-refractivity contribution in [1.82, 2.24) is 14.8 Å². The van der Waals surface area contributed by atoms with Gasteiger partial charge >= 0.3 is 0 Å². The van der Waals surface area contributed by atoms with Crippen molar-refractivity contribution >= 4 is 0 Å². The molecule has 0 saturated heterocycles. The van der Waals surface area contributed by atoms with E-state index >= 15 is 0 Å². The van der Waals surface area contributed by atoms with Crippen LogP contribution in [0, 0.1) is 6.92 Å². The van der Waals surface area contributed by atoms with Crippen LogP contribution in [0.1, 0.15) is 82.8 Å². The van der Waals surface area contributed by atoms with Crippen LogP contribution in [0.2, 0.25) is 0 Å². The fourth-order valence-corrected chi connectivity index (χ4v) is 3.72. The Hall–Kier alpha value is -2.42. The van der Waals surface area contributed by atoms with Gasteiger partial charge in [-0.1, -0.05) is 90.4 Å². The molecule has 0 saturated carbocycles. The molecule has 3 rings (SSSR count). The first-order chi connectivity index (χ1) is 13.1. The molecule has 0 amide bonds. The van der Waals surface area contributed by atoms with Crippen LogP contribution in [0.5, 0.6) is 0 Å². The number of aromatic nitrogens is 3. The van der Waals surface area contributed by atoms with Crippen LogP contribution in [-0.2, 0) is 5.41 Å². The summed E-state index contributed by atoms with van der Waals surface area (Å²) >= 11 is 0. The Morgan fingerprint density at radius 1 is 0.821 bits per heavy atom. The Morgan fingerprint density at radius 3 is 1.89 bits per heavy atom. The summed E-state index contributed by atoms with van der Waals surface area (Å²) in [6, 6.07) is 15.2. The monoisotopic (exact) mass is 375 g/mol. The smallest absolute Gasteiger partial charge is 0.168 e. The predicted molar refractivity (Wildman–Crippen MR) is 118 cm³/mol. The molecular weight excluding hydrogens is 342 g/mol. The summed E-state index contributed by atoms with van der Waals surface area (Å²) < 4.78 is 2.32. The molecule has 1 aromatic heterocycles. The van der Waals surface area contributed by atoms with E-state index in [0.29, 0.717) is 11.8 Å². The normalized spacial score (nSPS) is 12.2. The van der Waals surface area contributed by atoms with Crippen molar-refractivity contribution in [2.24, 2.45) is 0 Å². The second-order valence-electron chi connectivity index (χ2n) is 9.40. The molecule has 2 aromatic carbocycles. The number of hydrogen-bond acceptors (Lipinski definition) is 2. The Kier molecular flexibility index (Phi) is 5.47. The van der Waals surface area contributed by atoms with E-state index in [-0.39, 0.29) is 5.41 Å². The molecule has 0 atom stereocenters. The molecular formula is C25H33N3. The molecule has 28 heavy (non-hydrogen) atoms. The van der Waals surface area contributed by atoms with Gasteiger partial charge in [0, 0.05) is 11.0 Å². The van der Waals surface area contributed by atoms with Crippen molar-refractivity contribution in [2.45, 2.75) is 72.6 Å². The average molecular weight is 376 g/mol. The summed E-state index contributed by atoms with van der Waals surface area (Å²) in [5, 5.41) is 9.37. The lowest BCUT2D eigenvalue weighted by Gasteiger charge is -2.26. The van der Waals surface area contributed by atoms with E-state index in [1.54, 1.807) is 0 Å². The van der Waals surface area contributed by atoms with Crippen molar-refractivity contribution in [3.63, 3.8) is 0 Å². The third kappa shape index (κ3) is 3.76. The van der Waals surface area contributed by atoms with Crippen LogP contribution in [-0.4, -0.2) is 14.8 Å². The third-order valence-electron chi connectivity index (χ3n) is 5.18. The lowest BCUT2D eigenvalue weighted by atomic mass is 9.90. The molecule has 3 aromatic rings. The van der Waals surface area contributed by atoms with Gasteiger partial charge < -0.3 is 0 Å². The van der Waals surface area contributed by atoms with E-state index in [0.717, 1.165) is 17.2 Å². The van der Waals surface area contributed by atoms with Crippen molar-refractivity contribution in [1.29, 1.82) is 0 Å². The summed E-state index contributed by atoms with van der Waals surface area (Å²) in [4.78, 5) is 0. The molecule has 0 aliphatic carbocycles. The fraction of sp³-hybridized carbons (Fsp3) is 0.440. The van der Waals surface area contributed by atoms with Crippen molar-refractivity contribution in [2.75, 3.05) is 0 Å². The summed E-state index contributed by atoms with van der Waals surface area (Å²) in [5.41, 5.74) is 6.14. The minimum absolute atomic E-state index is 0.118. The van der Waals surface area contributed by atoms with Crippen LogP contribution in [0.15, 0.2) is 42.5 Å². The lowest BCUT2D eigenvalue weighted by molar-refractivity contribution is 0.531. The molecule has 0 N–H and O–H groups in total. The Bertz CT molecular complexity index is 945. The zero-order chi connectivity index (χ0) is 20.6. The molecule has 3 nitrogen and oxygen atoms in total. The van der Waals surface area contributed by atoms with Gasteiger partial charge in [0.2, 0.25) is 0 Å². The molecule has 0 fully saturated rings. The highest BCUT2D eigenvalue weighted by Crippen LogP contribution is 2.37. The van der Waals surface area contributed by atoms with E-state index in [2.05, 4.69) is 113 Å². The quantitative estimate of drug-likeness (QED) is 0.503. The summed E-state index contributed by atoms with van der Waals surface area (Å²) in [5.74, 6) is 2.74. The van der Waals surface area contributed by atoms with Gasteiger partial charge in [-0.25, -0.2) is 0 Å². The Morgan fingerprint density at radius 2 is 1.39 bits per heavy atom. The van der Waals surface area contributed by atoms with E-state index in [4.69, 9.17) is 0 Å². The largest absolute Gasteiger partial charge is 0.278 e. The van der Waals surface area contributed by atoms with E-state index in [9.17, 15) is 0 Å². The average Bonchev–Trinajstić information content (AvgIpc) is 3.06. The summed E-state index contributed by atoms with van der Waals surface area (Å²) in [7, 11) is 0. The maximum Gasteiger partial charge on any atom is 0.168 e. The number of rotatable bonds is 4. The van der Waals surface area contributed by atoms with Gasteiger partial charge in [-0.3, -0.25) is 4.57 Å². The molecule has 148 valence electrons. The van der Waals surface area contributed by atoms with Crippen molar-refractivity contribution in [3.8, 4) is 17.1 Å². The molecule has 0 aliphatic rings. The van der Waals surface area contributed by atoms with Gasteiger partial charge in [0.25, 0.3) is 0 Å². The molecule has 0 unspecified atom stereocenters. The van der Waals surface area contributed by atoms with Crippen molar-refractivity contribution < 1.29 is 0 Å². The van der Waals surface area contributed by atoms with E-state index in [1.807, 2.05) is 0 Å².